The zero-order valence-corrected chi connectivity index (χ0v) is 15.2. The van der Waals surface area contributed by atoms with E-state index in [9.17, 15) is 4.79 Å². The second-order valence-electron chi connectivity index (χ2n) is 6.28. The second kappa shape index (κ2) is 8.34. The van der Waals surface area contributed by atoms with E-state index in [0.717, 1.165) is 28.0 Å². The van der Waals surface area contributed by atoms with Crippen LogP contribution in [-0.4, -0.2) is 19.1 Å². The van der Waals surface area contributed by atoms with Gasteiger partial charge in [-0.1, -0.05) is 60.7 Å². The van der Waals surface area contributed by atoms with Gasteiger partial charge >= 0.3 is 0 Å². The average Bonchev–Trinajstić information content (AvgIpc) is 2.68. The summed E-state index contributed by atoms with van der Waals surface area (Å²) in [6, 6.07) is 23.7. The lowest BCUT2D eigenvalue weighted by Crippen LogP contribution is -2.28. The van der Waals surface area contributed by atoms with Crippen molar-refractivity contribution in [3.63, 3.8) is 0 Å². The third-order valence-electron chi connectivity index (χ3n) is 4.25. The van der Waals surface area contributed by atoms with E-state index < -0.39 is 0 Å². The number of carbonyl (C=O) groups is 1. The van der Waals surface area contributed by atoms with Gasteiger partial charge in [0.1, 0.15) is 12.4 Å². The summed E-state index contributed by atoms with van der Waals surface area (Å²) in [4.78, 5) is 12.6. The van der Waals surface area contributed by atoms with Crippen molar-refractivity contribution in [3.05, 3.63) is 89.5 Å². The Morgan fingerprint density at radius 3 is 2.46 bits per heavy atom. The van der Waals surface area contributed by atoms with Crippen LogP contribution < -0.4 is 10.1 Å². The SMILES string of the molecule is Cc1ccc(C)c(OCCNC(=O)c2ccccc2-c2ccccc2)c1. The minimum Gasteiger partial charge on any atom is -0.491 e. The standard InChI is InChI=1S/C23H23NO2/c1-17-12-13-18(2)22(16-17)26-15-14-24-23(25)21-11-7-6-10-20(21)19-8-4-3-5-9-19/h3-13,16H,14-15H2,1-2H3,(H,24,25). The number of hydrogen-bond donors (Lipinski definition) is 1. The fourth-order valence-corrected chi connectivity index (χ4v) is 2.83. The summed E-state index contributed by atoms with van der Waals surface area (Å²) in [6.07, 6.45) is 0. The van der Waals surface area contributed by atoms with Crippen LogP contribution in [0.25, 0.3) is 11.1 Å². The van der Waals surface area contributed by atoms with E-state index in [1.807, 2.05) is 80.6 Å². The maximum Gasteiger partial charge on any atom is 0.252 e. The Labute approximate surface area is 154 Å². The van der Waals surface area contributed by atoms with Crippen LogP contribution in [0.4, 0.5) is 0 Å². The number of nitrogens with one attached hydrogen (secondary N) is 1. The molecule has 132 valence electrons. The quantitative estimate of drug-likeness (QED) is 0.653. The molecule has 0 aliphatic carbocycles. The topological polar surface area (TPSA) is 38.3 Å². The summed E-state index contributed by atoms with van der Waals surface area (Å²) in [5, 5.41) is 2.95. The van der Waals surface area contributed by atoms with Crippen LogP contribution in [0.15, 0.2) is 72.8 Å². The number of amides is 1. The van der Waals surface area contributed by atoms with E-state index in [-0.39, 0.29) is 5.91 Å². The van der Waals surface area contributed by atoms with Crippen molar-refractivity contribution in [2.75, 3.05) is 13.2 Å². The third kappa shape index (κ3) is 4.31. The highest BCUT2D eigenvalue weighted by molar-refractivity contribution is 6.00. The van der Waals surface area contributed by atoms with E-state index in [4.69, 9.17) is 4.74 Å². The molecule has 0 saturated carbocycles. The molecule has 0 unspecified atom stereocenters. The van der Waals surface area contributed by atoms with Gasteiger partial charge in [0.05, 0.1) is 6.54 Å². The number of benzene rings is 3. The third-order valence-corrected chi connectivity index (χ3v) is 4.25. The molecular formula is C23H23NO2. The first kappa shape index (κ1) is 17.7. The van der Waals surface area contributed by atoms with Gasteiger partial charge in [-0.3, -0.25) is 4.79 Å². The first-order chi connectivity index (χ1) is 12.6. The molecule has 3 heteroatoms. The Morgan fingerprint density at radius 1 is 0.923 bits per heavy atom. The Morgan fingerprint density at radius 2 is 1.65 bits per heavy atom. The van der Waals surface area contributed by atoms with Gasteiger partial charge in [-0.15, -0.1) is 0 Å². The Balaban J connectivity index is 1.62. The van der Waals surface area contributed by atoms with Gasteiger partial charge in [-0.2, -0.15) is 0 Å². The van der Waals surface area contributed by atoms with Crippen molar-refractivity contribution in [1.29, 1.82) is 0 Å². The summed E-state index contributed by atoms with van der Waals surface area (Å²) < 4.78 is 5.80. The van der Waals surface area contributed by atoms with Crippen molar-refractivity contribution in [1.82, 2.24) is 5.32 Å². The molecule has 3 aromatic rings. The van der Waals surface area contributed by atoms with Crippen LogP contribution >= 0.6 is 0 Å². The highest BCUT2D eigenvalue weighted by Gasteiger charge is 2.11. The molecular weight excluding hydrogens is 322 g/mol. The zero-order valence-electron chi connectivity index (χ0n) is 15.2. The molecule has 0 radical (unpaired) electrons. The number of hydrogen-bond acceptors (Lipinski definition) is 2. The maximum atomic E-state index is 12.6. The molecule has 3 aromatic carbocycles. The molecule has 1 N–H and O–H groups in total. The second-order valence-corrected chi connectivity index (χ2v) is 6.28. The molecule has 26 heavy (non-hydrogen) atoms. The first-order valence-corrected chi connectivity index (χ1v) is 8.78. The Bertz CT molecular complexity index is 888. The average molecular weight is 345 g/mol. The minimum atomic E-state index is -0.0889. The molecule has 0 atom stereocenters. The fourth-order valence-electron chi connectivity index (χ4n) is 2.83. The monoisotopic (exact) mass is 345 g/mol. The van der Waals surface area contributed by atoms with E-state index in [2.05, 4.69) is 11.4 Å². The predicted molar refractivity (Wildman–Crippen MR) is 106 cm³/mol. The van der Waals surface area contributed by atoms with Gasteiger partial charge in [0, 0.05) is 5.56 Å². The lowest BCUT2D eigenvalue weighted by atomic mass is 9.99. The van der Waals surface area contributed by atoms with Gasteiger partial charge < -0.3 is 10.1 Å². The number of ether oxygens (including phenoxy) is 1. The molecule has 0 aliphatic heterocycles. The summed E-state index contributed by atoms with van der Waals surface area (Å²) in [7, 11) is 0. The van der Waals surface area contributed by atoms with Crippen molar-refractivity contribution in [2.45, 2.75) is 13.8 Å². The molecule has 0 aromatic heterocycles. The first-order valence-electron chi connectivity index (χ1n) is 8.78. The van der Waals surface area contributed by atoms with Gasteiger partial charge in [0.15, 0.2) is 0 Å². The van der Waals surface area contributed by atoms with E-state index >= 15 is 0 Å². The normalized spacial score (nSPS) is 10.4. The van der Waals surface area contributed by atoms with Gasteiger partial charge in [-0.05, 0) is 48.2 Å². The number of rotatable bonds is 6. The Hall–Kier alpha value is -3.07. The molecule has 1 amide bonds. The summed E-state index contributed by atoms with van der Waals surface area (Å²) >= 11 is 0. The predicted octanol–water partition coefficient (Wildman–Crippen LogP) is 4.78. The fraction of sp³-hybridized carbons (Fsp3) is 0.174. The van der Waals surface area contributed by atoms with E-state index in [1.165, 1.54) is 0 Å². The van der Waals surface area contributed by atoms with Crippen molar-refractivity contribution in [2.24, 2.45) is 0 Å². The largest absolute Gasteiger partial charge is 0.491 e. The minimum absolute atomic E-state index is 0.0889. The highest BCUT2D eigenvalue weighted by Crippen LogP contribution is 2.23. The zero-order chi connectivity index (χ0) is 18.4. The van der Waals surface area contributed by atoms with Gasteiger partial charge in [0.2, 0.25) is 0 Å². The smallest absolute Gasteiger partial charge is 0.252 e. The van der Waals surface area contributed by atoms with Crippen LogP contribution in [0, 0.1) is 13.8 Å². The number of aryl methyl sites for hydroxylation is 2. The molecule has 0 spiro atoms. The molecule has 0 aliphatic rings. The maximum absolute atomic E-state index is 12.6. The molecule has 3 rings (SSSR count). The molecule has 0 heterocycles. The van der Waals surface area contributed by atoms with E-state index in [1.54, 1.807) is 0 Å². The summed E-state index contributed by atoms with van der Waals surface area (Å²) in [6.45, 7) is 4.94. The summed E-state index contributed by atoms with van der Waals surface area (Å²) in [5.74, 6) is 0.776. The lowest BCUT2D eigenvalue weighted by molar-refractivity contribution is 0.0947. The Kier molecular flexibility index (Phi) is 5.69. The lowest BCUT2D eigenvalue weighted by Gasteiger charge is -2.12. The van der Waals surface area contributed by atoms with Crippen LogP contribution in [0.3, 0.4) is 0 Å². The van der Waals surface area contributed by atoms with Crippen molar-refractivity contribution in [3.8, 4) is 16.9 Å². The highest BCUT2D eigenvalue weighted by atomic mass is 16.5. The van der Waals surface area contributed by atoms with Crippen LogP contribution in [0.1, 0.15) is 21.5 Å². The van der Waals surface area contributed by atoms with Gasteiger partial charge in [0.25, 0.3) is 5.91 Å². The van der Waals surface area contributed by atoms with Crippen molar-refractivity contribution < 1.29 is 9.53 Å². The van der Waals surface area contributed by atoms with Crippen molar-refractivity contribution >= 4 is 5.91 Å². The molecule has 0 fully saturated rings. The van der Waals surface area contributed by atoms with Crippen LogP contribution in [-0.2, 0) is 0 Å². The van der Waals surface area contributed by atoms with Gasteiger partial charge in [-0.25, -0.2) is 0 Å². The molecule has 0 saturated heterocycles. The van der Waals surface area contributed by atoms with E-state index in [0.29, 0.717) is 18.7 Å². The van der Waals surface area contributed by atoms with Crippen LogP contribution in [0.5, 0.6) is 5.75 Å². The molecule has 3 nitrogen and oxygen atoms in total. The molecule has 0 bridgehead atoms. The summed E-state index contributed by atoms with van der Waals surface area (Å²) in [5.41, 5.74) is 4.89. The van der Waals surface area contributed by atoms with Crippen LogP contribution in [0.2, 0.25) is 0 Å². The number of carbonyl (C=O) groups excluding carboxylic acids is 1.